The molecule has 1 amide bonds. The number of amides is 1. The van der Waals surface area contributed by atoms with Crippen LogP contribution in [0.25, 0.3) is 0 Å². The molecular formula is C20H21F3N2O4. The standard InChI is InChI=1S/C20H21F3N2O4/c1-11-7-14(9-15(24-11)8-12(2)26)13(3)25-19(27)17-6-5-16(10-18(17)28-4)29-20(21,22)23/h5-7,9-10,13H,8H2,1-4H3,(H,25,27). The van der Waals surface area contributed by atoms with Crippen LogP contribution in [0.5, 0.6) is 11.5 Å². The number of alkyl halides is 3. The van der Waals surface area contributed by atoms with Gasteiger partial charge in [-0.2, -0.15) is 0 Å². The van der Waals surface area contributed by atoms with Crippen LogP contribution in [0.1, 0.15) is 47.2 Å². The number of halogens is 3. The molecule has 2 rings (SSSR count). The average Bonchev–Trinajstić information content (AvgIpc) is 2.58. The molecular weight excluding hydrogens is 389 g/mol. The van der Waals surface area contributed by atoms with E-state index in [2.05, 4.69) is 15.0 Å². The fraction of sp³-hybridized carbons (Fsp3) is 0.350. The summed E-state index contributed by atoms with van der Waals surface area (Å²) < 4.78 is 46.0. The Hall–Kier alpha value is -3.10. The summed E-state index contributed by atoms with van der Waals surface area (Å²) >= 11 is 0. The van der Waals surface area contributed by atoms with Crippen LogP contribution in [0.4, 0.5) is 13.2 Å². The van der Waals surface area contributed by atoms with Crippen molar-refractivity contribution >= 4 is 11.7 Å². The molecule has 0 bridgehead atoms. The second kappa shape index (κ2) is 8.93. The minimum Gasteiger partial charge on any atom is -0.496 e. The van der Waals surface area contributed by atoms with Gasteiger partial charge in [0.25, 0.3) is 5.91 Å². The van der Waals surface area contributed by atoms with E-state index in [1.807, 2.05) is 0 Å². The van der Waals surface area contributed by atoms with Crippen LogP contribution in [0.2, 0.25) is 0 Å². The molecule has 6 nitrogen and oxygen atoms in total. The Labute approximate surface area is 166 Å². The average molecular weight is 410 g/mol. The normalized spacial score (nSPS) is 12.2. The van der Waals surface area contributed by atoms with Gasteiger partial charge in [0.15, 0.2) is 0 Å². The van der Waals surface area contributed by atoms with Gasteiger partial charge in [0.05, 0.1) is 18.7 Å². The summed E-state index contributed by atoms with van der Waals surface area (Å²) in [7, 11) is 1.24. The molecule has 2 aromatic rings. The Morgan fingerprint density at radius 3 is 2.48 bits per heavy atom. The Bertz CT molecular complexity index is 913. The predicted octanol–water partition coefficient (Wildman–Crippen LogP) is 3.92. The lowest BCUT2D eigenvalue weighted by atomic mass is 10.0. The number of hydrogen-bond acceptors (Lipinski definition) is 5. The van der Waals surface area contributed by atoms with E-state index in [1.54, 1.807) is 26.0 Å². The molecule has 0 aliphatic carbocycles. The van der Waals surface area contributed by atoms with Crippen LogP contribution >= 0.6 is 0 Å². The Morgan fingerprint density at radius 1 is 1.21 bits per heavy atom. The largest absolute Gasteiger partial charge is 0.573 e. The molecule has 1 aromatic carbocycles. The summed E-state index contributed by atoms with van der Waals surface area (Å²) in [6, 6.07) is 6.31. The van der Waals surface area contributed by atoms with Crippen LogP contribution in [0.15, 0.2) is 30.3 Å². The third-order valence-electron chi connectivity index (χ3n) is 3.96. The van der Waals surface area contributed by atoms with Crippen molar-refractivity contribution in [3.8, 4) is 11.5 Å². The van der Waals surface area contributed by atoms with Gasteiger partial charge >= 0.3 is 6.36 Å². The van der Waals surface area contributed by atoms with E-state index in [-0.39, 0.29) is 23.5 Å². The first kappa shape index (κ1) is 22.2. The SMILES string of the molecule is COc1cc(OC(F)(F)F)ccc1C(=O)NC(C)c1cc(C)nc(CC(C)=O)c1. The van der Waals surface area contributed by atoms with E-state index in [9.17, 15) is 22.8 Å². The minimum atomic E-state index is -4.85. The third kappa shape index (κ3) is 6.48. The molecule has 0 saturated carbocycles. The Balaban J connectivity index is 2.21. The van der Waals surface area contributed by atoms with E-state index < -0.39 is 24.1 Å². The number of nitrogens with one attached hydrogen (secondary N) is 1. The van der Waals surface area contributed by atoms with Crippen LogP contribution in [-0.2, 0) is 11.2 Å². The molecule has 1 unspecified atom stereocenters. The highest BCUT2D eigenvalue weighted by molar-refractivity contribution is 5.97. The maximum absolute atomic E-state index is 12.6. The van der Waals surface area contributed by atoms with Gasteiger partial charge in [-0.15, -0.1) is 13.2 Å². The number of Topliss-reactive ketones (excluding diaryl/α,β-unsaturated/α-hetero) is 1. The second-order valence-corrected chi connectivity index (χ2v) is 6.52. The van der Waals surface area contributed by atoms with E-state index in [4.69, 9.17) is 4.74 Å². The molecule has 0 radical (unpaired) electrons. The predicted molar refractivity (Wildman–Crippen MR) is 98.9 cm³/mol. The second-order valence-electron chi connectivity index (χ2n) is 6.52. The summed E-state index contributed by atoms with van der Waals surface area (Å²) in [4.78, 5) is 28.3. The lowest BCUT2D eigenvalue weighted by molar-refractivity contribution is -0.274. The third-order valence-corrected chi connectivity index (χ3v) is 3.96. The van der Waals surface area contributed by atoms with Gasteiger partial charge in [-0.1, -0.05) is 0 Å². The number of methoxy groups -OCH3 is 1. The molecule has 156 valence electrons. The first-order valence-corrected chi connectivity index (χ1v) is 8.70. The Morgan fingerprint density at radius 2 is 1.90 bits per heavy atom. The van der Waals surface area contributed by atoms with Crippen molar-refractivity contribution in [1.29, 1.82) is 0 Å². The Kier molecular flexibility index (Phi) is 6.84. The number of nitrogens with zero attached hydrogens (tertiary/aromatic N) is 1. The maximum atomic E-state index is 12.6. The van der Waals surface area contributed by atoms with Gasteiger partial charge in [0.1, 0.15) is 17.3 Å². The number of benzene rings is 1. The van der Waals surface area contributed by atoms with Gasteiger partial charge in [-0.3, -0.25) is 14.6 Å². The van der Waals surface area contributed by atoms with Gasteiger partial charge in [0, 0.05) is 23.9 Å². The molecule has 1 aromatic heterocycles. The topological polar surface area (TPSA) is 77.5 Å². The van der Waals surface area contributed by atoms with Crippen LogP contribution in [0.3, 0.4) is 0 Å². The number of pyridine rings is 1. The zero-order valence-electron chi connectivity index (χ0n) is 16.4. The van der Waals surface area contributed by atoms with E-state index in [1.165, 1.54) is 20.1 Å². The molecule has 0 spiro atoms. The fourth-order valence-corrected chi connectivity index (χ4v) is 2.78. The smallest absolute Gasteiger partial charge is 0.496 e. The van der Waals surface area contributed by atoms with Gasteiger partial charge < -0.3 is 14.8 Å². The molecule has 0 saturated heterocycles. The fourth-order valence-electron chi connectivity index (χ4n) is 2.78. The monoisotopic (exact) mass is 410 g/mol. The molecule has 29 heavy (non-hydrogen) atoms. The van der Waals surface area contributed by atoms with Gasteiger partial charge in [-0.25, -0.2) is 0 Å². The number of ketones is 1. The molecule has 1 N–H and O–H groups in total. The summed E-state index contributed by atoms with van der Waals surface area (Å²) in [5.74, 6) is -1.11. The van der Waals surface area contributed by atoms with Crippen molar-refractivity contribution in [3.63, 3.8) is 0 Å². The van der Waals surface area contributed by atoms with Crippen molar-refractivity contribution in [2.45, 2.75) is 39.6 Å². The van der Waals surface area contributed by atoms with Crippen LogP contribution in [0, 0.1) is 6.92 Å². The molecule has 0 aliphatic heterocycles. The lowest BCUT2D eigenvalue weighted by Crippen LogP contribution is -2.27. The molecule has 0 fully saturated rings. The van der Waals surface area contributed by atoms with Crippen molar-refractivity contribution in [1.82, 2.24) is 10.3 Å². The maximum Gasteiger partial charge on any atom is 0.573 e. The van der Waals surface area contributed by atoms with Crippen LogP contribution in [-0.4, -0.2) is 30.1 Å². The highest BCUT2D eigenvalue weighted by atomic mass is 19.4. The van der Waals surface area contributed by atoms with Crippen molar-refractivity contribution < 1.29 is 32.2 Å². The number of hydrogen-bond donors (Lipinski definition) is 1. The first-order valence-electron chi connectivity index (χ1n) is 8.70. The van der Waals surface area contributed by atoms with Crippen LogP contribution < -0.4 is 14.8 Å². The lowest BCUT2D eigenvalue weighted by Gasteiger charge is -2.17. The molecule has 1 heterocycles. The minimum absolute atomic E-state index is 0.0309. The van der Waals surface area contributed by atoms with E-state index in [0.717, 1.165) is 17.7 Å². The highest BCUT2D eigenvalue weighted by Crippen LogP contribution is 2.29. The van der Waals surface area contributed by atoms with Crippen molar-refractivity contribution in [2.75, 3.05) is 7.11 Å². The van der Waals surface area contributed by atoms with Gasteiger partial charge in [0.2, 0.25) is 0 Å². The number of ether oxygens (including phenoxy) is 2. The summed E-state index contributed by atoms with van der Waals surface area (Å²) in [6.45, 7) is 5.00. The van der Waals surface area contributed by atoms with E-state index in [0.29, 0.717) is 11.4 Å². The summed E-state index contributed by atoms with van der Waals surface area (Å²) in [5, 5.41) is 2.77. The molecule has 0 aliphatic rings. The zero-order chi connectivity index (χ0) is 21.8. The number of carbonyl (C=O) groups is 2. The first-order chi connectivity index (χ1) is 13.5. The van der Waals surface area contributed by atoms with Crippen molar-refractivity contribution in [3.05, 3.63) is 52.8 Å². The zero-order valence-corrected chi connectivity index (χ0v) is 16.4. The summed E-state index contributed by atoms with van der Waals surface area (Å²) in [6.07, 6.45) is -4.66. The number of aryl methyl sites for hydroxylation is 1. The van der Waals surface area contributed by atoms with E-state index >= 15 is 0 Å². The van der Waals surface area contributed by atoms with Gasteiger partial charge in [-0.05, 0) is 50.6 Å². The number of carbonyl (C=O) groups excluding carboxylic acids is 2. The number of rotatable bonds is 7. The molecule has 9 heteroatoms. The summed E-state index contributed by atoms with van der Waals surface area (Å²) in [5.41, 5.74) is 2.10. The number of aromatic nitrogens is 1. The molecule has 1 atom stereocenters. The highest BCUT2D eigenvalue weighted by Gasteiger charge is 2.31. The quantitative estimate of drug-likeness (QED) is 0.749. The van der Waals surface area contributed by atoms with Crippen molar-refractivity contribution in [2.24, 2.45) is 0 Å².